The maximum absolute atomic E-state index is 12.6. The summed E-state index contributed by atoms with van der Waals surface area (Å²) in [7, 11) is 0. The molecule has 2 aromatic rings. The Hall–Kier alpha value is -1.81. The number of carbonyl (C=O) groups excluding carboxylic acids is 1. The van der Waals surface area contributed by atoms with Crippen LogP contribution in [0.3, 0.4) is 0 Å². The number of nitrogens with two attached hydrogens (primary N) is 1. The van der Waals surface area contributed by atoms with Crippen LogP contribution in [0.4, 0.5) is 5.69 Å². The van der Waals surface area contributed by atoms with Gasteiger partial charge in [-0.2, -0.15) is 0 Å². The number of halogens is 1. The molecular weight excluding hydrogens is 316 g/mol. The Morgan fingerprint density at radius 2 is 1.85 bits per heavy atom. The monoisotopic (exact) mass is 330 g/mol. The van der Waals surface area contributed by atoms with Gasteiger partial charge in [0.2, 0.25) is 0 Å². The van der Waals surface area contributed by atoms with Crippen molar-refractivity contribution in [2.24, 2.45) is 0 Å². The van der Waals surface area contributed by atoms with Crippen molar-refractivity contribution in [3.05, 3.63) is 63.6 Å². The lowest BCUT2D eigenvalue weighted by molar-refractivity contribution is 0.0735. The van der Waals surface area contributed by atoms with Crippen LogP contribution >= 0.6 is 15.9 Å². The Morgan fingerprint density at radius 1 is 1.10 bits per heavy atom. The van der Waals surface area contributed by atoms with Crippen LogP contribution in [0.2, 0.25) is 0 Å². The number of hydrogen-bond donors (Lipinski definition) is 1. The maximum atomic E-state index is 12.6. The molecule has 2 N–H and O–H groups in total. The van der Waals surface area contributed by atoms with E-state index >= 15 is 0 Å². The molecule has 102 valence electrons. The number of anilines is 1. The maximum Gasteiger partial charge on any atom is 0.256 e. The van der Waals surface area contributed by atoms with E-state index < -0.39 is 0 Å². The number of rotatable bonds is 1. The molecule has 2 aromatic carbocycles. The molecule has 0 aromatic heterocycles. The highest BCUT2D eigenvalue weighted by atomic mass is 79.9. The van der Waals surface area contributed by atoms with Crippen LogP contribution in [0.1, 0.15) is 21.5 Å². The van der Waals surface area contributed by atoms with Crippen LogP contribution in [-0.4, -0.2) is 17.4 Å². The minimum atomic E-state index is -0.00157. The van der Waals surface area contributed by atoms with Gasteiger partial charge in [0.25, 0.3) is 5.91 Å². The van der Waals surface area contributed by atoms with Crippen molar-refractivity contribution in [1.82, 2.24) is 4.90 Å². The van der Waals surface area contributed by atoms with E-state index in [0.717, 1.165) is 17.4 Å². The van der Waals surface area contributed by atoms with Gasteiger partial charge in [-0.05, 0) is 45.6 Å². The lowest BCUT2D eigenvalue weighted by Gasteiger charge is -2.29. The fourth-order valence-corrected chi connectivity index (χ4v) is 2.93. The molecule has 1 amide bonds. The quantitative estimate of drug-likeness (QED) is 0.816. The van der Waals surface area contributed by atoms with E-state index in [1.807, 2.05) is 29.2 Å². The van der Waals surface area contributed by atoms with Crippen molar-refractivity contribution in [3.8, 4) is 0 Å². The molecule has 0 spiro atoms. The van der Waals surface area contributed by atoms with Crippen LogP contribution in [0, 0.1) is 0 Å². The molecule has 4 heteroatoms. The summed E-state index contributed by atoms with van der Waals surface area (Å²) in [5, 5.41) is 0. The van der Waals surface area contributed by atoms with Crippen molar-refractivity contribution in [3.63, 3.8) is 0 Å². The molecule has 1 aliphatic heterocycles. The SMILES string of the molecule is Nc1c(Br)cccc1C(=O)N1CCc2ccccc2C1. The van der Waals surface area contributed by atoms with Crippen molar-refractivity contribution in [2.75, 3.05) is 12.3 Å². The van der Waals surface area contributed by atoms with E-state index in [1.165, 1.54) is 11.1 Å². The Labute approximate surface area is 126 Å². The van der Waals surface area contributed by atoms with E-state index in [9.17, 15) is 4.79 Å². The second-order valence-electron chi connectivity index (χ2n) is 4.95. The summed E-state index contributed by atoms with van der Waals surface area (Å²) >= 11 is 3.37. The first-order valence-corrected chi connectivity index (χ1v) is 7.36. The van der Waals surface area contributed by atoms with Crippen LogP contribution in [0.5, 0.6) is 0 Å². The Kier molecular flexibility index (Phi) is 3.49. The highest BCUT2D eigenvalue weighted by molar-refractivity contribution is 9.10. The zero-order chi connectivity index (χ0) is 14.1. The lowest BCUT2D eigenvalue weighted by Crippen LogP contribution is -2.36. The van der Waals surface area contributed by atoms with Gasteiger partial charge in [0, 0.05) is 17.6 Å². The third-order valence-corrected chi connectivity index (χ3v) is 4.39. The van der Waals surface area contributed by atoms with Gasteiger partial charge in [0.15, 0.2) is 0 Å². The van der Waals surface area contributed by atoms with Gasteiger partial charge in [-0.15, -0.1) is 0 Å². The van der Waals surface area contributed by atoms with Crippen LogP contribution in [0.25, 0.3) is 0 Å². The first-order chi connectivity index (χ1) is 9.66. The Morgan fingerprint density at radius 3 is 2.65 bits per heavy atom. The Balaban J connectivity index is 1.88. The zero-order valence-electron chi connectivity index (χ0n) is 11.0. The number of nitrogen functional groups attached to an aromatic ring is 1. The second kappa shape index (κ2) is 5.29. The van der Waals surface area contributed by atoms with Gasteiger partial charge in [0.05, 0.1) is 11.3 Å². The molecule has 0 saturated carbocycles. The molecule has 0 bridgehead atoms. The van der Waals surface area contributed by atoms with Gasteiger partial charge in [0.1, 0.15) is 0 Å². The summed E-state index contributed by atoms with van der Waals surface area (Å²) < 4.78 is 0.765. The largest absolute Gasteiger partial charge is 0.397 e. The standard InChI is InChI=1S/C16H15BrN2O/c17-14-7-3-6-13(15(14)18)16(20)19-9-8-11-4-1-2-5-12(11)10-19/h1-7H,8-10,18H2. The van der Waals surface area contributed by atoms with E-state index in [-0.39, 0.29) is 5.91 Å². The fraction of sp³-hybridized carbons (Fsp3) is 0.188. The minimum Gasteiger partial charge on any atom is -0.397 e. The summed E-state index contributed by atoms with van der Waals surface area (Å²) in [6, 6.07) is 13.7. The molecule has 0 atom stereocenters. The molecule has 1 aliphatic rings. The van der Waals surface area contributed by atoms with Crippen molar-refractivity contribution >= 4 is 27.5 Å². The first-order valence-electron chi connectivity index (χ1n) is 6.57. The van der Waals surface area contributed by atoms with Gasteiger partial charge in [-0.25, -0.2) is 0 Å². The Bertz CT molecular complexity index is 669. The van der Waals surface area contributed by atoms with E-state index in [4.69, 9.17) is 5.73 Å². The van der Waals surface area contributed by atoms with Crippen molar-refractivity contribution < 1.29 is 4.79 Å². The molecule has 0 saturated heterocycles. The topological polar surface area (TPSA) is 46.3 Å². The molecule has 3 nitrogen and oxygen atoms in total. The first kappa shape index (κ1) is 13.2. The van der Waals surface area contributed by atoms with Crippen LogP contribution < -0.4 is 5.73 Å². The number of amides is 1. The number of nitrogens with zero attached hydrogens (tertiary/aromatic N) is 1. The van der Waals surface area contributed by atoms with Gasteiger partial charge >= 0.3 is 0 Å². The van der Waals surface area contributed by atoms with Gasteiger partial charge in [-0.3, -0.25) is 4.79 Å². The molecule has 0 aliphatic carbocycles. The fourth-order valence-electron chi connectivity index (χ4n) is 2.56. The van der Waals surface area contributed by atoms with Crippen molar-refractivity contribution in [1.29, 1.82) is 0 Å². The molecular formula is C16H15BrN2O. The van der Waals surface area contributed by atoms with Crippen molar-refractivity contribution in [2.45, 2.75) is 13.0 Å². The molecule has 1 heterocycles. The molecule has 20 heavy (non-hydrogen) atoms. The third kappa shape index (κ3) is 2.31. The predicted octanol–water partition coefficient (Wildman–Crippen LogP) is 3.23. The second-order valence-corrected chi connectivity index (χ2v) is 5.80. The van der Waals surface area contributed by atoms with Crippen LogP contribution in [0.15, 0.2) is 46.9 Å². The lowest BCUT2D eigenvalue weighted by atomic mass is 9.99. The van der Waals surface area contributed by atoms with E-state index in [1.54, 1.807) is 6.07 Å². The van der Waals surface area contributed by atoms with E-state index in [0.29, 0.717) is 17.8 Å². The number of para-hydroxylation sites is 1. The summed E-state index contributed by atoms with van der Waals surface area (Å²) in [4.78, 5) is 14.5. The summed E-state index contributed by atoms with van der Waals surface area (Å²) in [5.41, 5.74) is 9.62. The summed E-state index contributed by atoms with van der Waals surface area (Å²) in [6.07, 6.45) is 0.899. The minimum absolute atomic E-state index is 0.00157. The number of benzene rings is 2. The highest BCUT2D eigenvalue weighted by Crippen LogP contribution is 2.26. The average Bonchev–Trinajstić information content (AvgIpc) is 2.49. The zero-order valence-corrected chi connectivity index (χ0v) is 12.6. The predicted molar refractivity (Wildman–Crippen MR) is 83.4 cm³/mol. The summed E-state index contributed by atoms with van der Waals surface area (Å²) in [6.45, 7) is 1.39. The highest BCUT2D eigenvalue weighted by Gasteiger charge is 2.23. The molecule has 3 rings (SSSR count). The molecule has 0 radical (unpaired) electrons. The average molecular weight is 331 g/mol. The molecule has 0 unspecified atom stereocenters. The summed E-state index contributed by atoms with van der Waals surface area (Å²) in [5.74, 6) is -0.00157. The van der Waals surface area contributed by atoms with Gasteiger partial charge < -0.3 is 10.6 Å². The van der Waals surface area contributed by atoms with E-state index in [2.05, 4.69) is 28.1 Å². The number of carbonyl (C=O) groups is 1. The smallest absolute Gasteiger partial charge is 0.256 e. The van der Waals surface area contributed by atoms with Gasteiger partial charge in [-0.1, -0.05) is 30.3 Å². The van der Waals surface area contributed by atoms with Crippen LogP contribution in [-0.2, 0) is 13.0 Å². The third-order valence-electron chi connectivity index (χ3n) is 3.70. The number of fused-ring (bicyclic) bond motifs is 1. The molecule has 0 fully saturated rings. The number of hydrogen-bond acceptors (Lipinski definition) is 2. The normalized spacial score (nSPS) is 13.9.